The summed E-state index contributed by atoms with van der Waals surface area (Å²) >= 11 is 0. The van der Waals surface area contributed by atoms with Crippen LogP contribution in [0.2, 0.25) is 0 Å². The summed E-state index contributed by atoms with van der Waals surface area (Å²) in [6, 6.07) is -0.367. The normalized spacial score (nSPS) is 20.6. The fraction of sp³-hybridized carbons (Fsp3) is 0.500. The molecule has 1 rings (SSSR count). The summed E-state index contributed by atoms with van der Waals surface area (Å²) in [4.78, 5) is 15.7. The third kappa shape index (κ3) is 3.45. The van der Waals surface area contributed by atoms with Crippen LogP contribution < -0.4 is 11.2 Å². The topological polar surface area (TPSA) is 64.3 Å². The highest BCUT2D eigenvalue weighted by atomic mass is 19.1. The van der Waals surface area contributed by atoms with Crippen molar-refractivity contribution in [1.82, 2.24) is 5.48 Å². The van der Waals surface area contributed by atoms with Crippen molar-refractivity contribution >= 4 is 5.91 Å². The smallest absolute Gasteiger partial charge is 0.243 e. The van der Waals surface area contributed by atoms with Crippen LogP contribution in [0.1, 0.15) is 19.8 Å². The highest BCUT2D eigenvalue weighted by Crippen LogP contribution is 2.18. The first kappa shape index (κ1) is 11.9. The van der Waals surface area contributed by atoms with Crippen LogP contribution in [0.4, 0.5) is 4.39 Å². The van der Waals surface area contributed by atoms with Crippen LogP contribution in [-0.4, -0.2) is 18.6 Å². The molecule has 0 heterocycles. The third-order valence-electron chi connectivity index (χ3n) is 2.14. The highest BCUT2D eigenvalue weighted by Gasteiger charge is 2.16. The van der Waals surface area contributed by atoms with E-state index >= 15 is 0 Å². The lowest BCUT2D eigenvalue weighted by Gasteiger charge is -2.18. The van der Waals surface area contributed by atoms with Crippen molar-refractivity contribution in [2.75, 3.05) is 6.61 Å². The van der Waals surface area contributed by atoms with Gasteiger partial charge in [0, 0.05) is 18.0 Å². The van der Waals surface area contributed by atoms with Gasteiger partial charge in [0.15, 0.2) is 0 Å². The lowest BCUT2D eigenvalue weighted by Crippen LogP contribution is -2.31. The lowest BCUT2D eigenvalue weighted by molar-refractivity contribution is -0.132. The number of hydroxylamine groups is 1. The van der Waals surface area contributed by atoms with Gasteiger partial charge < -0.3 is 5.73 Å². The average molecular weight is 214 g/mol. The summed E-state index contributed by atoms with van der Waals surface area (Å²) in [6.45, 7) is 1.69. The first-order chi connectivity index (χ1) is 7.15. The predicted octanol–water partition coefficient (Wildman–Crippen LogP) is 0.955. The minimum absolute atomic E-state index is 0.0108. The second-order valence-corrected chi connectivity index (χ2v) is 3.29. The van der Waals surface area contributed by atoms with Gasteiger partial charge in [0.2, 0.25) is 5.91 Å². The lowest BCUT2D eigenvalue weighted by atomic mass is 10.00. The van der Waals surface area contributed by atoms with E-state index < -0.39 is 0 Å². The SMILES string of the molecule is CCC(=O)NOCC1=C(F)C=CCC1N. The van der Waals surface area contributed by atoms with Crippen LogP contribution in [0.5, 0.6) is 0 Å². The summed E-state index contributed by atoms with van der Waals surface area (Å²) in [6.07, 6.45) is 3.96. The van der Waals surface area contributed by atoms with Crippen LogP contribution in [0.15, 0.2) is 23.6 Å². The number of rotatable bonds is 4. The Balaban J connectivity index is 2.43. The number of carbonyl (C=O) groups excluding carboxylic acids is 1. The van der Waals surface area contributed by atoms with Gasteiger partial charge >= 0.3 is 0 Å². The largest absolute Gasteiger partial charge is 0.324 e. The van der Waals surface area contributed by atoms with E-state index in [1.165, 1.54) is 6.08 Å². The standard InChI is InChI=1S/C10H15FN2O2/c1-2-10(14)13-15-6-7-8(11)4-3-5-9(7)12/h3-4,9H,2,5-6,12H2,1H3,(H,13,14). The van der Waals surface area contributed by atoms with Gasteiger partial charge in [-0.2, -0.15) is 0 Å². The average Bonchev–Trinajstić information content (AvgIpc) is 2.22. The Hall–Kier alpha value is -1.20. The van der Waals surface area contributed by atoms with Crippen LogP contribution >= 0.6 is 0 Å². The molecule has 0 radical (unpaired) electrons. The number of halogens is 1. The van der Waals surface area contributed by atoms with Gasteiger partial charge in [-0.05, 0) is 12.5 Å². The van der Waals surface area contributed by atoms with E-state index in [1.807, 2.05) is 0 Å². The molecule has 1 aliphatic carbocycles. The molecule has 1 amide bonds. The van der Waals surface area contributed by atoms with Crippen molar-refractivity contribution in [3.63, 3.8) is 0 Å². The Morgan fingerprint density at radius 3 is 3.13 bits per heavy atom. The summed E-state index contributed by atoms with van der Waals surface area (Å²) in [5.41, 5.74) is 8.26. The molecular formula is C10H15FN2O2. The molecule has 1 aliphatic rings. The highest BCUT2D eigenvalue weighted by molar-refractivity contribution is 5.74. The maximum absolute atomic E-state index is 13.2. The van der Waals surface area contributed by atoms with Crippen molar-refractivity contribution in [1.29, 1.82) is 0 Å². The second kappa shape index (κ2) is 5.63. The van der Waals surface area contributed by atoms with E-state index in [1.54, 1.807) is 13.0 Å². The van der Waals surface area contributed by atoms with Crippen molar-refractivity contribution in [2.45, 2.75) is 25.8 Å². The zero-order valence-corrected chi connectivity index (χ0v) is 8.63. The van der Waals surface area contributed by atoms with Gasteiger partial charge in [0.1, 0.15) is 12.4 Å². The van der Waals surface area contributed by atoms with E-state index in [0.717, 1.165) is 0 Å². The maximum Gasteiger partial charge on any atom is 0.243 e. The summed E-state index contributed by atoms with van der Waals surface area (Å²) in [5, 5.41) is 0. The van der Waals surface area contributed by atoms with E-state index in [-0.39, 0.29) is 24.4 Å². The molecule has 0 bridgehead atoms. The Labute approximate surface area is 87.9 Å². The third-order valence-corrected chi connectivity index (χ3v) is 2.14. The van der Waals surface area contributed by atoms with E-state index in [2.05, 4.69) is 5.48 Å². The van der Waals surface area contributed by atoms with Crippen molar-refractivity contribution < 1.29 is 14.0 Å². The number of nitrogens with two attached hydrogens (primary N) is 1. The Morgan fingerprint density at radius 2 is 2.53 bits per heavy atom. The molecule has 0 aliphatic heterocycles. The molecule has 5 heteroatoms. The van der Waals surface area contributed by atoms with Gasteiger partial charge in [0.25, 0.3) is 0 Å². The summed E-state index contributed by atoms with van der Waals surface area (Å²) in [7, 11) is 0. The molecule has 84 valence electrons. The molecule has 0 saturated heterocycles. The number of amides is 1. The van der Waals surface area contributed by atoms with Crippen molar-refractivity contribution in [2.24, 2.45) is 5.73 Å². The van der Waals surface area contributed by atoms with E-state index in [9.17, 15) is 9.18 Å². The number of hydrogen-bond acceptors (Lipinski definition) is 3. The fourth-order valence-corrected chi connectivity index (χ4v) is 1.19. The Morgan fingerprint density at radius 1 is 1.80 bits per heavy atom. The minimum Gasteiger partial charge on any atom is -0.324 e. The molecular weight excluding hydrogens is 199 g/mol. The molecule has 0 aromatic carbocycles. The minimum atomic E-state index is -0.375. The maximum atomic E-state index is 13.2. The predicted molar refractivity (Wildman–Crippen MR) is 54.3 cm³/mol. The fourth-order valence-electron chi connectivity index (χ4n) is 1.19. The summed E-state index contributed by atoms with van der Waals surface area (Å²) < 4.78 is 13.2. The molecule has 15 heavy (non-hydrogen) atoms. The second-order valence-electron chi connectivity index (χ2n) is 3.29. The van der Waals surface area contributed by atoms with Gasteiger partial charge in [-0.15, -0.1) is 0 Å². The van der Waals surface area contributed by atoms with Gasteiger partial charge in [-0.1, -0.05) is 13.0 Å². The molecule has 0 spiro atoms. The molecule has 1 unspecified atom stereocenters. The quantitative estimate of drug-likeness (QED) is 0.685. The Kier molecular flexibility index (Phi) is 4.45. The molecule has 1 atom stereocenters. The van der Waals surface area contributed by atoms with Crippen LogP contribution in [0.25, 0.3) is 0 Å². The molecule has 0 aromatic heterocycles. The zero-order valence-electron chi connectivity index (χ0n) is 8.63. The van der Waals surface area contributed by atoms with Gasteiger partial charge in [-0.25, -0.2) is 9.87 Å². The Bertz CT molecular complexity index is 300. The van der Waals surface area contributed by atoms with Crippen LogP contribution in [0.3, 0.4) is 0 Å². The van der Waals surface area contributed by atoms with Gasteiger partial charge in [0.05, 0.1) is 0 Å². The zero-order chi connectivity index (χ0) is 11.3. The molecule has 0 aromatic rings. The van der Waals surface area contributed by atoms with E-state index in [0.29, 0.717) is 18.4 Å². The van der Waals surface area contributed by atoms with Crippen molar-refractivity contribution in [3.8, 4) is 0 Å². The van der Waals surface area contributed by atoms with E-state index in [4.69, 9.17) is 10.6 Å². The van der Waals surface area contributed by atoms with Crippen LogP contribution in [0, 0.1) is 0 Å². The molecule has 4 nitrogen and oxygen atoms in total. The number of hydrogen-bond donors (Lipinski definition) is 2. The number of allylic oxidation sites excluding steroid dienone is 2. The van der Waals surface area contributed by atoms with Crippen molar-refractivity contribution in [3.05, 3.63) is 23.6 Å². The summed E-state index contributed by atoms with van der Waals surface area (Å²) in [5.74, 6) is -0.615. The molecule has 0 saturated carbocycles. The number of carbonyl (C=O) groups is 1. The molecule has 3 N–H and O–H groups in total. The first-order valence-corrected chi connectivity index (χ1v) is 4.86. The van der Waals surface area contributed by atoms with Crippen LogP contribution in [-0.2, 0) is 9.63 Å². The first-order valence-electron chi connectivity index (χ1n) is 4.86. The number of nitrogens with one attached hydrogen (secondary N) is 1. The molecule has 0 fully saturated rings. The van der Waals surface area contributed by atoms with Gasteiger partial charge in [-0.3, -0.25) is 9.63 Å². The monoisotopic (exact) mass is 214 g/mol.